The maximum Gasteiger partial charge on any atom is 0.416 e. The smallest absolute Gasteiger partial charge is 0.399 e. The predicted octanol–water partition coefficient (Wildman–Crippen LogP) is 3.77. The molecule has 3 N–H and O–H groups in total. The Labute approximate surface area is 119 Å². The molecule has 0 heterocycles. The van der Waals surface area contributed by atoms with Crippen molar-refractivity contribution >= 4 is 11.4 Å². The number of nitrogens with two attached hydrogens (primary N) is 1. The number of hydrogen-bond acceptors (Lipinski definition) is 3. The van der Waals surface area contributed by atoms with Crippen LogP contribution < -0.4 is 11.1 Å². The average Bonchev–Trinajstić information content (AvgIpc) is 2.45. The lowest BCUT2D eigenvalue weighted by Crippen LogP contribution is -2.07. The first-order valence-corrected chi connectivity index (χ1v) is 6.10. The van der Waals surface area contributed by atoms with Gasteiger partial charge in [0, 0.05) is 12.2 Å². The summed E-state index contributed by atoms with van der Waals surface area (Å²) in [5.41, 5.74) is 6.69. The van der Waals surface area contributed by atoms with Crippen LogP contribution in [-0.4, -0.2) is 0 Å². The van der Waals surface area contributed by atoms with E-state index in [1.54, 1.807) is 18.2 Å². The first-order chi connectivity index (χ1) is 9.90. The molecule has 0 aliphatic heterocycles. The zero-order valence-corrected chi connectivity index (χ0v) is 10.9. The summed E-state index contributed by atoms with van der Waals surface area (Å²) in [6, 6.07) is 11.8. The van der Waals surface area contributed by atoms with Crippen molar-refractivity contribution in [2.24, 2.45) is 0 Å². The zero-order valence-electron chi connectivity index (χ0n) is 10.9. The van der Waals surface area contributed by atoms with Crippen molar-refractivity contribution < 1.29 is 13.2 Å². The number of anilines is 2. The molecule has 0 bridgehead atoms. The van der Waals surface area contributed by atoms with Crippen LogP contribution in [0.1, 0.15) is 16.7 Å². The van der Waals surface area contributed by atoms with Gasteiger partial charge in [0.25, 0.3) is 0 Å². The van der Waals surface area contributed by atoms with Gasteiger partial charge in [-0.1, -0.05) is 12.1 Å². The molecule has 0 spiro atoms. The Kier molecular flexibility index (Phi) is 4.03. The van der Waals surface area contributed by atoms with Crippen molar-refractivity contribution in [3.63, 3.8) is 0 Å². The lowest BCUT2D eigenvalue weighted by atomic mass is 10.1. The maximum absolute atomic E-state index is 12.6. The summed E-state index contributed by atoms with van der Waals surface area (Å²) in [7, 11) is 0. The number of nitriles is 1. The average molecular weight is 291 g/mol. The van der Waals surface area contributed by atoms with Crippen LogP contribution in [0.2, 0.25) is 0 Å². The highest BCUT2D eigenvalue weighted by Gasteiger charge is 2.30. The molecule has 2 aromatic carbocycles. The van der Waals surface area contributed by atoms with E-state index >= 15 is 0 Å². The second kappa shape index (κ2) is 5.75. The van der Waals surface area contributed by atoms with Crippen molar-refractivity contribution in [3.8, 4) is 6.07 Å². The molecule has 0 amide bonds. The topological polar surface area (TPSA) is 61.8 Å². The Bertz CT molecular complexity index is 687. The van der Waals surface area contributed by atoms with E-state index in [9.17, 15) is 13.2 Å². The number of nitrogens with one attached hydrogen (secondary N) is 1. The second-order valence-electron chi connectivity index (χ2n) is 4.47. The van der Waals surface area contributed by atoms with Gasteiger partial charge in [-0.3, -0.25) is 0 Å². The van der Waals surface area contributed by atoms with Crippen LogP contribution in [0.25, 0.3) is 0 Å². The van der Waals surface area contributed by atoms with Gasteiger partial charge in [-0.25, -0.2) is 0 Å². The van der Waals surface area contributed by atoms with E-state index in [1.165, 1.54) is 12.1 Å². The van der Waals surface area contributed by atoms with Crippen LogP contribution in [0.3, 0.4) is 0 Å². The summed E-state index contributed by atoms with van der Waals surface area (Å²) in [5, 5.41) is 11.9. The summed E-state index contributed by atoms with van der Waals surface area (Å²) in [6.45, 7) is 0.183. The molecule has 0 unspecified atom stereocenters. The molecule has 2 rings (SSSR count). The highest BCUT2D eigenvalue weighted by molar-refractivity contribution is 5.63. The van der Waals surface area contributed by atoms with Crippen LogP contribution in [0, 0.1) is 11.3 Å². The fourth-order valence-electron chi connectivity index (χ4n) is 1.86. The van der Waals surface area contributed by atoms with Crippen LogP contribution in [0.4, 0.5) is 24.5 Å². The van der Waals surface area contributed by atoms with Gasteiger partial charge in [0.15, 0.2) is 0 Å². The number of alkyl halides is 3. The molecule has 0 atom stereocenters. The first kappa shape index (κ1) is 14.7. The lowest BCUT2D eigenvalue weighted by molar-refractivity contribution is -0.137. The molecule has 2 aromatic rings. The number of benzene rings is 2. The van der Waals surface area contributed by atoms with Gasteiger partial charge in [-0.15, -0.1) is 0 Å². The van der Waals surface area contributed by atoms with E-state index in [2.05, 4.69) is 5.32 Å². The summed E-state index contributed by atoms with van der Waals surface area (Å²) in [6.07, 6.45) is -4.37. The minimum Gasteiger partial charge on any atom is -0.399 e. The quantitative estimate of drug-likeness (QED) is 0.846. The lowest BCUT2D eigenvalue weighted by Gasteiger charge is -2.11. The Morgan fingerprint density at radius 1 is 1.14 bits per heavy atom. The van der Waals surface area contributed by atoms with Gasteiger partial charge in [-0.2, -0.15) is 18.4 Å². The number of rotatable bonds is 3. The van der Waals surface area contributed by atoms with Gasteiger partial charge in [-0.05, 0) is 35.9 Å². The maximum atomic E-state index is 12.6. The third-order valence-electron chi connectivity index (χ3n) is 2.90. The second-order valence-corrected chi connectivity index (χ2v) is 4.47. The minimum atomic E-state index is -4.37. The van der Waals surface area contributed by atoms with Crippen LogP contribution >= 0.6 is 0 Å². The zero-order chi connectivity index (χ0) is 15.5. The fourth-order valence-corrected chi connectivity index (χ4v) is 1.86. The summed E-state index contributed by atoms with van der Waals surface area (Å²) >= 11 is 0. The summed E-state index contributed by atoms with van der Waals surface area (Å²) in [4.78, 5) is 0. The molecule has 0 saturated carbocycles. The third-order valence-corrected chi connectivity index (χ3v) is 2.90. The van der Waals surface area contributed by atoms with Crippen molar-refractivity contribution in [3.05, 3.63) is 59.2 Å². The molecule has 0 aliphatic carbocycles. The molecule has 108 valence electrons. The van der Waals surface area contributed by atoms with Crippen LogP contribution in [-0.2, 0) is 12.7 Å². The first-order valence-electron chi connectivity index (χ1n) is 6.10. The Hall–Kier alpha value is -2.68. The number of hydrogen-bond donors (Lipinski definition) is 2. The number of halogens is 3. The minimum absolute atomic E-state index is 0.183. The number of nitrogens with zero attached hydrogens (tertiary/aromatic N) is 1. The molecular weight excluding hydrogens is 279 g/mol. The summed E-state index contributed by atoms with van der Waals surface area (Å²) in [5.74, 6) is 0. The highest BCUT2D eigenvalue weighted by Crippen LogP contribution is 2.29. The fraction of sp³-hybridized carbons (Fsp3) is 0.133. The molecule has 0 aliphatic rings. The molecule has 21 heavy (non-hydrogen) atoms. The molecule has 3 nitrogen and oxygen atoms in total. The van der Waals surface area contributed by atoms with Crippen molar-refractivity contribution in [1.29, 1.82) is 5.26 Å². The Morgan fingerprint density at radius 2 is 1.90 bits per heavy atom. The van der Waals surface area contributed by atoms with E-state index in [0.717, 1.165) is 12.1 Å². The van der Waals surface area contributed by atoms with Crippen LogP contribution in [0.5, 0.6) is 0 Å². The predicted molar refractivity (Wildman–Crippen MR) is 74.3 cm³/mol. The van der Waals surface area contributed by atoms with E-state index in [-0.39, 0.29) is 6.54 Å². The van der Waals surface area contributed by atoms with Crippen molar-refractivity contribution in [2.45, 2.75) is 12.7 Å². The van der Waals surface area contributed by atoms with E-state index < -0.39 is 11.7 Å². The van der Waals surface area contributed by atoms with Crippen molar-refractivity contribution in [2.75, 3.05) is 11.1 Å². The highest BCUT2D eigenvalue weighted by atomic mass is 19.4. The molecule has 0 saturated heterocycles. The molecule has 0 aromatic heterocycles. The third kappa shape index (κ3) is 3.66. The molecule has 6 heteroatoms. The van der Waals surface area contributed by atoms with E-state index in [0.29, 0.717) is 22.5 Å². The van der Waals surface area contributed by atoms with Crippen LogP contribution in [0.15, 0.2) is 42.5 Å². The van der Waals surface area contributed by atoms with E-state index in [4.69, 9.17) is 11.0 Å². The normalized spacial score (nSPS) is 11.0. The SMILES string of the molecule is N#Cc1cc(N)ccc1NCc1cccc(C(F)(F)F)c1. The molecular formula is C15H12F3N3. The Morgan fingerprint density at radius 3 is 2.57 bits per heavy atom. The standard InChI is InChI=1S/C15H12F3N3/c16-15(17,18)12-3-1-2-10(6-12)9-21-14-5-4-13(20)7-11(14)8-19/h1-7,21H,9,20H2. The van der Waals surface area contributed by atoms with Gasteiger partial charge in [0.1, 0.15) is 6.07 Å². The summed E-state index contributed by atoms with van der Waals surface area (Å²) < 4.78 is 37.9. The molecule has 0 fully saturated rings. The largest absolute Gasteiger partial charge is 0.416 e. The van der Waals surface area contributed by atoms with Gasteiger partial charge in [0.05, 0.1) is 16.8 Å². The molecule has 0 radical (unpaired) electrons. The number of nitrogen functional groups attached to an aromatic ring is 1. The van der Waals surface area contributed by atoms with Crippen molar-refractivity contribution in [1.82, 2.24) is 0 Å². The monoisotopic (exact) mass is 291 g/mol. The van der Waals surface area contributed by atoms with Gasteiger partial charge < -0.3 is 11.1 Å². The van der Waals surface area contributed by atoms with E-state index in [1.807, 2.05) is 6.07 Å². The Balaban J connectivity index is 2.16. The van der Waals surface area contributed by atoms with Gasteiger partial charge >= 0.3 is 6.18 Å². The van der Waals surface area contributed by atoms with Gasteiger partial charge in [0.2, 0.25) is 0 Å².